The normalized spacial score (nSPS) is 13.4. The average molecular weight is 551 g/mol. The Kier molecular flexibility index (Phi) is 6.23. The molecule has 2 aromatic heterocycles. The second kappa shape index (κ2) is 10.1. The van der Waals surface area contributed by atoms with Gasteiger partial charge in [-0.1, -0.05) is 63.2 Å². The quantitative estimate of drug-likeness (QED) is 0.214. The summed E-state index contributed by atoms with van der Waals surface area (Å²) in [5, 5.41) is 2.37. The van der Waals surface area contributed by atoms with Crippen LogP contribution in [0.2, 0.25) is 0 Å². The summed E-state index contributed by atoms with van der Waals surface area (Å²) in [5.41, 5.74) is 7.03. The largest absolute Gasteiger partial charge is 0.457 e. The number of nitrogens with zero attached hydrogens (tertiary/aromatic N) is 4. The van der Waals surface area contributed by atoms with Crippen LogP contribution in [-0.4, -0.2) is 16.2 Å². The molecule has 0 N–H and O–H groups in total. The Morgan fingerprint density at radius 2 is 1.45 bits per heavy atom. The zero-order chi connectivity index (χ0) is 28.8. The van der Waals surface area contributed by atoms with Crippen LogP contribution in [0.4, 0.5) is 11.4 Å². The lowest BCUT2D eigenvalue weighted by Crippen LogP contribution is -2.25. The predicted octanol–water partition coefficient (Wildman–Crippen LogP) is 9.33. The lowest BCUT2D eigenvalue weighted by atomic mass is 9.88. The maximum absolute atomic E-state index is 6.48. The Balaban J connectivity index is 1.22. The molecule has 1 aliphatic heterocycles. The van der Waals surface area contributed by atoms with E-state index in [1.54, 1.807) is 0 Å². The lowest BCUT2D eigenvalue weighted by Gasteiger charge is -2.23. The highest BCUT2D eigenvalue weighted by Gasteiger charge is 2.19. The second-order valence-electron chi connectivity index (χ2n) is 11.9. The van der Waals surface area contributed by atoms with Gasteiger partial charge in [-0.15, -0.1) is 0 Å². The number of hydrogen-bond acceptors (Lipinski definition) is 4. The molecule has 0 aliphatic carbocycles. The summed E-state index contributed by atoms with van der Waals surface area (Å²) in [7, 11) is 0. The fourth-order valence-electron chi connectivity index (χ4n) is 5.76. The van der Waals surface area contributed by atoms with E-state index in [0.717, 1.165) is 40.7 Å². The van der Waals surface area contributed by atoms with E-state index in [4.69, 9.17) is 9.72 Å². The SMILES string of the molecule is Cc1ccccc1N1C=CN(c2cccc(Oc3ccc4c5ccccc5n(-c5cc(C(C)(C)C)ccn5)c4c3)c2)C1. The number of anilines is 2. The third kappa shape index (κ3) is 4.67. The molecule has 0 unspecified atom stereocenters. The number of rotatable bonds is 5. The summed E-state index contributed by atoms with van der Waals surface area (Å²) in [5.74, 6) is 2.49. The molecule has 0 atom stereocenters. The van der Waals surface area contributed by atoms with Gasteiger partial charge in [0.1, 0.15) is 17.3 Å². The van der Waals surface area contributed by atoms with E-state index in [0.29, 0.717) is 0 Å². The summed E-state index contributed by atoms with van der Waals surface area (Å²) in [6, 6.07) is 35.9. The Bertz CT molecular complexity index is 1960. The van der Waals surface area contributed by atoms with Crippen LogP contribution >= 0.6 is 0 Å². The maximum atomic E-state index is 6.48. The van der Waals surface area contributed by atoms with Crippen molar-refractivity contribution in [2.75, 3.05) is 16.5 Å². The van der Waals surface area contributed by atoms with Crippen LogP contribution in [0.3, 0.4) is 0 Å². The molecule has 6 aromatic rings. The van der Waals surface area contributed by atoms with Crippen molar-refractivity contribution >= 4 is 33.2 Å². The molecule has 4 aromatic carbocycles. The van der Waals surface area contributed by atoms with E-state index >= 15 is 0 Å². The van der Waals surface area contributed by atoms with Crippen LogP contribution in [0.1, 0.15) is 31.9 Å². The molecule has 1 aliphatic rings. The van der Waals surface area contributed by atoms with Gasteiger partial charge in [-0.3, -0.25) is 4.57 Å². The summed E-state index contributed by atoms with van der Waals surface area (Å²) < 4.78 is 8.73. The van der Waals surface area contributed by atoms with Gasteiger partial charge in [-0.2, -0.15) is 0 Å². The minimum atomic E-state index is 0.0250. The van der Waals surface area contributed by atoms with E-state index < -0.39 is 0 Å². The van der Waals surface area contributed by atoms with Gasteiger partial charge >= 0.3 is 0 Å². The Labute approximate surface area is 246 Å². The van der Waals surface area contributed by atoms with Gasteiger partial charge < -0.3 is 14.5 Å². The Morgan fingerprint density at radius 3 is 2.31 bits per heavy atom. The highest BCUT2D eigenvalue weighted by atomic mass is 16.5. The molecule has 208 valence electrons. The van der Waals surface area contributed by atoms with Gasteiger partial charge in [-0.05, 0) is 72.0 Å². The number of fused-ring (bicyclic) bond motifs is 3. The topological polar surface area (TPSA) is 33.5 Å². The van der Waals surface area contributed by atoms with Crippen LogP contribution in [0.25, 0.3) is 27.6 Å². The fraction of sp³-hybridized carbons (Fsp3) is 0.162. The predicted molar refractivity (Wildman–Crippen MR) is 174 cm³/mol. The zero-order valence-electron chi connectivity index (χ0n) is 24.5. The summed E-state index contributed by atoms with van der Waals surface area (Å²) >= 11 is 0. The standard InChI is InChI=1S/C37H34N4O/c1-26-10-5-7-14-33(26)40-21-20-39(25-40)28-11-9-12-29(23-28)42-30-16-17-32-31-13-6-8-15-34(31)41(35(32)24-30)36-22-27(18-19-38-36)37(2,3)4/h5-24H,25H2,1-4H3. The fourth-order valence-corrected chi connectivity index (χ4v) is 5.76. The molecule has 0 saturated carbocycles. The molecule has 0 bridgehead atoms. The molecule has 0 saturated heterocycles. The third-order valence-electron chi connectivity index (χ3n) is 8.03. The molecule has 5 nitrogen and oxygen atoms in total. The highest BCUT2D eigenvalue weighted by Crippen LogP contribution is 2.36. The molecule has 42 heavy (non-hydrogen) atoms. The van der Waals surface area contributed by atoms with Gasteiger partial charge in [0.2, 0.25) is 0 Å². The molecular weight excluding hydrogens is 516 g/mol. The molecule has 5 heteroatoms. The minimum absolute atomic E-state index is 0.0250. The van der Waals surface area contributed by atoms with Crippen LogP contribution < -0.4 is 14.5 Å². The van der Waals surface area contributed by atoms with Crippen LogP contribution in [-0.2, 0) is 5.41 Å². The Morgan fingerprint density at radius 1 is 0.690 bits per heavy atom. The molecule has 0 fully saturated rings. The van der Waals surface area contributed by atoms with Crippen LogP contribution in [0.5, 0.6) is 11.5 Å². The maximum Gasteiger partial charge on any atom is 0.137 e. The number of benzene rings is 4. The minimum Gasteiger partial charge on any atom is -0.457 e. The number of ether oxygens (including phenoxy) is 1. The first kappa shape index (κ1) is 25.9. The summed E-state index contributed by atoms with van der Waals surface area (Å²) in [6.07, 6.45) is 6.16. The second-order valence-corrected chi connectivity index (χ2v) is 11.9. The van der Waals surface area contributed by atoms with Crippen molar-refractivity contribution < 1.29 is 4.74 Å². The molecule has 3 heterocycles. The van der Waals surface area contributed by atoms with Crippen molar-refractivity contribution in [2.24, 2.45) is 0 Å². The van der Waals surface area contributed by atoms with Crippen LogP contribution in [0.15, 0.2) is 122 Å². The van der Waals surface area contributed by atoms with E-state index in [2.05, 4.69) is 145 Å². The molecule has 0 amide bonds. The van der Waals surface area contributed by atoms with Gasteiger partial charge in [-0.25, -0.2) is 4.98 Å². The van der Waals surface area contributed by atoms with Crippen molar-refractivity contribution in [1.29, 1.82) is 0 Å². The number of aryl methyl sites for hydroxylation is 1. The van der Waals surface area contributed by atoms with Gasteiger partial charge in [0.25, 0.3) is 0 Å². The van der Waals surface area contributed by atoms with Crippen molar-refractivity contribution in [3.8, 4) is 17.3 Å². The monoisotopic (exact) mass is 550 g/mol. The van der Waals surface area contributed by atoms with Gasteiger partial charge in [0, 0.05) is 52.9 Å². The number of hydrogen-bond donors (Lipinski definition) is 0. The van der Waals surface area contributed by atoms with E-state index in [-0.39, 0.29) is 5.41 Å². The molecular formula is C37H34N4O. The molecule has 0 radical (unpaired) electrons. The van der Waals surface area contributed by atoms with Crippen LogP contribution in [0, 0.1) is 6.92 Å². The van der Waals surface area contributed by atoms with Gasteiger partial charge in [0.15, 0.2) is 0 Å². The van der Waals surface area contributed by atoms with Crippen molar-refractivity contribution in [3.05, 3.63) is 133 Å². The van der Waals surface area contributed by atoms with Gasteiger partial charge in [0.05, 0.1) is 17.7 Å². The van der Waals surface area contributed by atoms with Crippen molar-refractivity contribution in [1.82, 2.24) is 9.55 Å². The van der Waals surface area contributed by atoms with E-state index in [1.807, 2.05) is 18.3 Å². The number of pyridine rings is 1. The van der Waals surface area contributed by atoms with E-state index in [9.17, 15) is 0 Å². The third-order valence-corrected chi connectivity index (χ3v) is 8.03. The summed E-state index contributed by atoms with van der Waals surface area (Å²) in [4.78, 5) is 9.30. The Hall–Kier alpha value is -5.03. The highest BCUT2D eigenvalue weighted by molar-refractivity contribution is 6.09. The first-order valence-corrected chi connectivity index (χ1v) is 14.4. The average Bonchev–Trinajstić information content (AvgIpc) is 3.60. The smallest absolute Gasteiger partial charge is 0.137 e. The number of aromatic nitrogens is 2. The first-order valence-electron chi connectivity index (χ1n) is 14.4. The molecule has 7 rings (SSSR count). The number of para-hydroxylation sites is 2. The molecule has 0 spiro atoms. The lowest BCUT2D eigenvalue weighted by molar-refractivity contribution is 0.483. The van der Waals surface area contributed by atoms with Crippen molar-refractivity contribution in [2.45, 2.75) is 33.1 Å². The first-order chi connectivity index (χ1) is 20.3. The van der Waals surface area contributed by atoms with Crippen molar-refractivity contribution in [3.63, 3.8) is 0 Å². The zero-order valence-corrected chi connectivity index (χ0v) is 24.5. The van der Waals surface area contributed by atoms with E-state index in [1.165, 1.54) is 27.6 Å². The summed E-state index contributed by atoms with van der Waals surface area (Å²) in [6.45, 7) is 9.59.